The Labute approximate surface area is 101 Å². The third-order valence-electron chi connectivity index (χ3n) is 2.15. The topological polar surface area (TPSA) is 68.5 Å². The molecule has 0 unspecified atom stereocenters. The zero-order valence-corrected chi connectivity index (χ0v) is 10.2. The van der Waals surface area contributed by atoms with Crippen LogP contribution in [0.3, 0.4) is 0 Å². The largest absolute Gasteiger partial charge is 0.464 e. The molecule has 0 aliphatic heterocycles. The van der Waals surface area contributed by atoms with Crippen molar-refractivity contribution in [3.63, 3.8) is 0 Å². The summed E-state index contributed by atoms with van der Waals surface area (Å²) in [6.45, 7) is 2.26. The summed E-state index contributed by atoms with van der Waals surface area (Å²) in [5, 5.41) is 0. The zero-order valence-electron chi connectivity index (χ0n) is 10.2. The lowest BCUT2D eigenvalue weighted by atomic mass is 10.3. The SMILES string of the molecule is CC#CCN(C)c1nc(C(=O)OC)ccc1N. The number of methoxy groups -OCH3 is 1. The Hall–Kier alpha value is -2.22. The summed E-state index contributed by atoms with van der Waals surface area (Å²) < 4.78 is 4.60. The van der Waals surface area contributed by atoms with Crippen molar-refractivity contribution in [2.75, 3.05) is 31.3 Å². The van der Waals surface area contributed by atoms with E-state index in [0.29, 0.717) is 18.1 Å². The van der Waals surface area contributed by atoms with Crippen molar-refractivity contribution in [1.29, 1.82) is 0 Å². The second-order valence-electron chi connectivity index (χ2n) is 3.38. The number of hydrogen-bond acceptors (Lipinski definition) is 5. The minimum Gasteiger partial charge on any atom is -0.464 e. The fourth-order valence-corrected chi connectivity index (χ4v) is 1.26. The van der Waals surface area contributed by atoms with Crippen LogP contribution in [0.5, 0.6) is 0 Å². The first-order valence-electron chi connectivity index (χ1n) is 5.05. The van der Waals surface area contributed by atoms with Crippen LogP contribution >= 0.6 is 0 Å². The first-order valence-corrected chi connectivity index (χ1v) is 5.05. The van der Waals surface area contributed by atoms with Gasteiger partial charge in [0.05, 0.1) is 19.3 Å². The third kappa shape index (κ3) is 3.11. The molecule has 0 amide bonds. The van der Waals surface area contributed by atoms with Crippen molar-refractivity contribution in [2.45, 2.75) is 6.92 Å². The van der Waals surface area contributed by atoms with E-state index >= 15 is 0 Å². The van der Waals surface area contributed by atoms with Crippen LogP contribution in [0, 0.1) is 11.8 Å². The van der Waals surface area contributed by atoms with Gasteiger partial charge in [0, 0.05) is 7.05 Å². The smallest absolute Gasteiger partial charge is 0.356 e. The number of nitrogens with zero attached hydrogens (tertiary/aromatic N) is 2. The molecule has 0 spiro atoms. The van der Waals surface area contributed by atoms with Gasteiger partial charge in [-0.25, -0.2) is 9.78 Å². The second kappa shape index (κ2) is 5.75. The van der Waals surface area contributed by atoms with Gasteiger partial charge in [0.2, 0.25) is 0 Å². The normalized spacial score (nSPS) is 9.12. The number of pyridine rings is 1. The molecule has 0 bridgehead atoms. The first kappa shape index (κ1) is 12.8. The highest BCUT2D eigenvalue weighted by Crippen LogP contribution is 2.19. The van der Waals surface area contributed by atoms with Crippen molar-refractivity contribution in [3.8, 4) is 11.8 Å². The maximum absolute atomic E-state index is 11.3. The number of carbonyl (C=O) groups is 1. The molecule has 1 aromatic rings. The Morgan fingerprint density at radius 3 is 2.88 bits per heavy atom. The molecule has 0 saturated carbocycles. The van der Waals surface area contributed by atoms with E-state index in [0.717, 1.165) is 0 Å². The molecule has 0 aromatic carbocycles. The van der Waals surface area contributed by atoms with Crippen molar-refractivity contribution < 1.29 is 9.53 Å². The number of esters is 1. The van der Waals surface area contributed by atoms with Crippen LogP contribution in [0.2, 0.25) is 0 Å². The van der Waals surface area contributed by atoms with Crippen LogP contribution in [0.15, 0.2) is 12.1 Å². The third-order valence-corrected chi connectivity index (χ3v) is 2.15. The van der Waals surface area contributed by atoms with Crippen LogP contribution < -0.4 is 10.6 Å². The number of nitrogen functional groups attached to an aromatic ring is 1. The lowest BCUT2D eigenvalue weighted by Crippen LogP contribution is -2.21. The molecule has 0 aliphatic carbocycles. The van der Waals surface area contributed by atoms with Gasteiger partial charge in [-0.3, -0.25) is 0 Å². The van der Waals surface area contributed by atoms with Crippen molar-refractivity contribution in [3.05, 3.63) is 17.8 Å². The van der Waals surface area contributed by atoms with E-state index in [9.17, 15) is 4.79 Å². The molecule has 17 heavy (non-hydrogen) atoms. The van der Waals surface area contributed by atoms with Crippen LogP contribution in [0.4, 0.5) is 11.5 Å². The van der Waals surface area contributed by atoms with Crippen molar-refractivity contribution in [1.82, 2.24) is 4.98 Å². The summed E-state index contributed by atoms with van der Waals surface area (Å²) in [6, 6.07) is 3.16. The molecule has 0 aliphatic rings. The molecule has 2 N–H and O–H groups in total. The molecular formula is C12H15N3O2. The van der Waals surface area contributed by atoms with Gasteiger partial charge in [-0.2, -0.15) is 0 Å². The van der Waals surface area contributed by atoms with Crippen LogP contribution in [-0.2, 0) is 4.74 Å². The van der Waals surface area contributed by atoms with E-state index in [-0.39, 0.29) is 5.69 Å². The molecule has 90 valence electrons. The number of aromatic nitrogens is 1. The monoisotopic (exact) mass is 233 g/mol. The van der Waals surface area contributed by atoms with Gasteiger partial charge < -0.3 is 15.4 Å². The molecule has 0 fully saturated rings. The number of rotatable bonds is 3. The summed E-state index contributed by atoms with van der Waals surface area (Å²) in [5.41, 5.74) is 6.53. The average molecular weight is 233 g/mol. The van der Waals surface area contributed by atoms with E-state index in [4.69, 9.17) is 5.73 Å². The lowest BCUT2D eigenvalue weighted by Gasteiger charge is -2.17. The fraction of sp³-hybridized carbons (Fsp3) is 0.333. The van der Waals surface area contributed by atoms with Gasteiger partial charge in [0.25, 0.3) is 0 Å². The van der Waals surface area contributed by atoms with Crippen LogP contribution in [0.25, 0.3) is 0 Å². The molecule has 0 radical (unpaired) electrons. The molecule has 5 heteroatoms. The van der Waals surface area contributed by atoms with Gasteiger partial charge in [-0.05, 0) is 19.1 Å². The number of anilines is 2. The van der Waals surface area contributed by atoms with E-state index < -0.39 is 5.97 Å². The van der Waals surface area contributed by atoms with Crippen LogP contribution in [-0.4, -0.2) is 31.7 Å². The number of nitrogens with two attached hydrogens (primary N) is 1. The van der Waals surface area contributed by atoms with E-state index in [1.807, 2.05) is 7.05 Å². The van der Waals surface area contributed by atoms with E-state index in [1.54, 1.807) is 17.9 Å². The second-order valence-corrected chi connectivity index (χ2v) is 3.38. The summed E-state index contributed by atoms with van der Waals surface area (Å²) in [5.74, 6) is 5.72. The van der Waals surface area contributed by atoms with E-state index in [1.165, 1.54) is 13.2 Å². The van der Waals surface area contributed by atoms with Gasteiger partial charge in [0.15, 0.2) is 11.5 Å². The highest BCUT2D eigenvalue weighted by atomic mass is 16.5. The molecule has 1 aromatic heterocycles. The Balaban J connectivity index is 3.04. The number of ether oxygens (including phenoxy) is 1. The molecule has 0 atom stereocenters. The lowest BCUT2D eigenvalue weighted by molar-refractivity contribution is 0.0594. The molecular weight excluding hydrogens is 218 g/mol. The quantitative estimate of drug-likeness (QED) is 0.620. The van der Waals surface area contributed by atoms with Crippen molar-refractivity contribution in [2.24, 2.45) is 0 Å². The summed E-state index contributed by atoms with van der Waals surface area (Å²) in [6.07, 6.45) is 0. The predicted octanol–water partition coefficient (Wildman–Crippen LogP) is 0.910. The average Bonchev–Trinajstić information content (AvgIpc) is 2.35. The molecule has 0 saturated heterocycles. The number of hydrogen-bond donors (Lipinski definition) is 1. The maximum atomic E-state index is 11.3. The molecule has 1 heterocycles. The van der Waals surface area contributed by atoms with Gasteiger partial charge in [0.1, 0.15) is 0 Å². The zero-order chi connectivity index (χ0) is 12.8. The Bertz CT molecular complexity index is 474. The van der Waals surface area contributed by atoms with Crippen molar-refractivity contribution >= 4 is 17.5 Å². The van der Waals surface area contributed by atoms with Crippen LogP contribution in [0.1, 0.15) is 17.4 Å². The fourth-order valence-electron chi connectivity index (χ4n) is 1.26. The summed E-state index contributed by atoms with van der Waals surface area (Å²) in [4.78, 5) is 17.3. The van der Waals surface area contributed by atoms with Gasteiger partial charge in [-0.1, -0.05) is 5.92 Å². The van der Waals surface area contributed by atoms with Gasteiger partial charge >= 0.3 is 5.97 Å². The minimum absolute atomic E-state index is 0.230. The maximum Gasteiger partial charge on any atom is 0.356 e. The van der Waals surface area contributed by atoms with Gasteiger partial charge in [-0.15, -0.1) is 5.92 Å². The predicted molar refractivity (Wildman–Crippen MR) is 66.7 cm³/mol. The highest BCUT2D eigenvalue weighted by Gasteiger charge is 2.12. The highest BCUT2D eigenvalue weighted by molar-refractivity contribution is 5.88. The Kier molecular flexibility index (Phi) is 4.35. The molecule has 1 rings (SSSR count). The Morgan fingerprint density at radius 1 is 1.59 bits per heavy atom. The summed E-state index contributed by atoms with van der Waals surface area (Å²) >= 11 is 0. The van der Waals surface area contributed by atoms with E-state index in [2.05, 4.69) is 21.6 Å². The summed E-state index contributed by atoms with van der Waals surface area (Å²) in [7, 11) is 3.12. The molecule has 5 nitrogen and oxygen atoms in total. The number of carbonyl (C=O) groups excluding carboxylic acids is 1. The first-order chi connectivity index (χ1) is 8.10. The Morgan fingerprint density at radius 2 is 2.29 bits per heavy atom. The minimum atomic E-state index is -0.485. The standard InChI is InChI=1S/C12H15N3O2/c1-4-5-8-15(2)11-9(13)6-7-10(14-11)12(16)17-3/h6-7H,8,13H2,1-3H3.